The molecule has 1 rings (SSSR count). The molecular formula is C11H12ClN3O5. The Morgan fingerprint density at radius 3 is 2.80 bits per heavy atom. The highest BCUT2D eigenvalue weighted by Crippen LogP contribution is 2.20. The maximum absolute atomic E-state index is 11.9. The van der Waals surface area contributed by atoms with Crippen LogP contribution in [0.25, 0.3) is 0 Å². The van der Waals surface area contributed by atoms with Gasteiger partial charge in [-0.05, 0) is 19.9 Å². The Kier molecular flexibility index (Phi) is 5.39. The van der Waals surface area contributed by atoms with Gasteiger partial charge in [-0.3, -0.25) is 14.9 Å². The maximum atomic E-state index is 11.9. The van der Waals surface area contributed by atoms with Crippen molar-refractivity contribution in [2.45, 2.75) is 19.9 Å². The quantitative estimate of drug-likeness (QED) is 0.380. The van der Waals surface area contributed by atoms with Gasteiger partial charge in [0.05, 0.1) is 11.5 Å². The number of ether oxygens (including phenoxy) is 1. The molecule has 1 atom stereocenters. The van der Waals surface area contributed by atoms with Gasteiger partial charge in [0.25, 0.3) is 11.6 Å². The monoisotopic (exact) mass is 301 g/mol. The molecule has 108 valence electrons. The lowest BCUT2D eigenvalue weighted by atomic mass is 10.2. The first-order chi connectivity index (χ1) is 9.36. The molecule has 0 aromatic carbocycles. The third-order valence-corrected chi connectivity index (χ3v) is 2.49. The highest BCUT2D eigenvalue weighted by Gasteiger charge is 2.24. The van der Waals surface area contributed by atoms with Crippen molar-refractivity contribution in [3.63, 3.8) is 0 Å². The van der Waals surface area contributed by atoms with E-state index in [-0.39, 0.29) is 17.3 Å². The number of amides is 1. The Morgan fingerprint density at radius 1 is 1.60 bits per heavy atom. The van der Waals surface area contributed by atoms with Crippen LogP contribution in [0.4, 0.5) is 5.69 Å². The van der Waals surface area contributed by atoms with Crippen molar-refractivity contribution in [3.8, 4) is 0 Å². The summed E-state index contributed by atoms with van der Waals surface area (Å²) in [5, 5.41) is 13.0. The van der Waals surface area contributed by atoms with Crippen molar-refractivity contribution < 1.29 is 19.2 Å². The molecule has 1 aromatic heterocycles. The second-order valence-electron chi connectivity index (χ2n) is 3.73. The largest absolute Gasteiger partial charge is 0.464 e. The predicted octanol–water partition coefficient (Wildman–Crippen LogP) is 1.32. The van der Waals surface area contributed by atoms with Gasteiger partial charge >= 0.3 is 5.97 Å². The van der Waals surface area contributed by atoms with Crippen LogP contribution in [0.15, 0.2) is 12.3 Å². The molecule has 0 saturated carbocycles. The molecule has 0 aliphatic heterocycles. The zero-order chi connectivity index (χ0) is 15.3. The third-order valence-electron chi connectivity index (χ3n) is 2.28. The molecule has 0 spiro atoms. The van der Waals surface area contributed by atoms with E-state index in [1.54, 1.807) is 6.92 Å². The van der Waals surface area contributed by atoms with Gasteiger partial charge in [0.2, 0.25) is 0 Å². The Hall–Kier alpha value is -2.22. The number of nitro groups is 1. The Morgan fingerprint density at radius 2 is 2.25 bits per heavy atom. The zero-order valence-electron chi connectivity index (χ0n) is 10.8. The van der Waals surface area contributed by atoms with E-state index in [0.29, 0.717) is 0 Å². The molecule has 1 N–H and O–H groups in total. The molecule has 0 aliphatic rings. The van der Waals surface area contributed by atoms with Crippen LogP contribution in [0.1, 0.15) is 24.2 Å². The summed E-state index contributed by atoms with van der Waals surface area (Å²) in [6.07, 6.45) is 0.881. The summed E-state index contributed by atoms with van der Waals surface area (Å²) >= 11 is 5.61. The van der Waals surface area contributed by atoms with Crippen molar-refractivity contribution in [1.29, 1.82) is 0 Å². The smallest absolute Gasteiger partial charge is 0.328 e. The van der Waals surface area contributed by atoms with Crippen molar-refractivity contribution in [2.24, 2.45) is 0 Å². The van der Waals surface area contributed by atoms with Gasteiger partial charge in [-0.1, -0.05) is 11.6 Å². The Labute approximate surface area is 119 Å². The maximum Gasteiger partial charge on any atom is 0.328 e. The Balaban J connectivity index is 2.95. The van der Waals surface area contributed by atoms with Crippen molar-refractivity contribution in [2.75, 3.05) is 6.61 Å². The number of nitrogens with zero attached hydrogens (tertiary/aromatic N) is 2. The number of pyridine rings is 1. The molecule has 1 unspecified atom stereocenters. The van der Waals surface area contributed by atoms with E-state index in [9.17, 15) is 19.7 Å². The molecule has 1 amide bonds. The third kappa shape index (κ3) is 3.89. The summed E-state index contributed by atoms with van der Waals surface area (Å²) < 4.78 is 4.72. The minimum Gasteiger partial charge on any atom is -0.464 e. The van der Waals surface area contributed by atoms with Gasteiger partial charge in [0.1, 0.15) is 23.0 Å². The number of esters is 1. The minimum absolute atomic E-state index is 0.0652. The zero-order valence-corrected chi connectivity index (χ0v) is 11.5. The molecule has 20 heavy (non-hydrogen) atoms. The summed E-state index contributed by atoms with van der Waals surface area (Å²) in [5.74, 6) is -1.44. The van der Waals surface area contributed by atoms with Crippen LogP contribution in [-0.4, -0.2) is 34.4 Å². The van der Waals surface area contributed by atoms with Crippen LogP contribution in [0.2, 0.25) is 5.15 Å². The SMILES string of the molecule is CCOC(=O)C(C)NC(=O)c1cc(Cl)ncc1[N+](=O)[O-]. The summed E-state index contributed by atoms with van der Waals surface area (Å²) in [6, 6.07) is 0.126. The molecule has 8 nitrogen and oxygen atoms in total. The molecular weight excluding hydrogens is 290 g/mol. The van der Waals surface area contributed by atoms with Crippen LogP contribution in [0.3, 0.4) is 0 Å². The Bertz CT molecular complexity index is 549. The van der Waals surface area contributed by atoms with Gasteiger partial charge in [-0.2, -0.15) is 0 Å². The summed E-state index contributed by atoms with van der Waals surface area (Å²) in [6.45, 7) is 3.20. The molecule has 0 fully saturated rings. The topological polar surface area (TPSA) is 111 Å². The van der Waals surface area contributed by atoms with Crippen molar-refractivity contribution in [1.82, 2.24) is 10.3 Å². The molecule has 0 saturated heterocycles. The number of carbonyl (C=O) groups is 2. The van der Waals surface area contributed by atoms with E-state index in [1.807, 2.05) is 0 Å². The lowest BCUT2D eigenvalue weighted by Gasteiger charge is -2.12. The first kappa shape index (κ1) is 15.8. The molecule has 9 heteroatoms. The van der Waals surface area contributed by atoms with Gasteiger partial charge < -0.3 is 10.1 Å². The minimum atomic E-state index is -0.936. The number of aromatic nitrogens is 1. The van der Waals surface area contributed by atoms with Crippen molar-refractivity contribution >= 4 is 29.2 Å². The number of carbonyl (C=O) groups excluding carboxylic acids is 2. The predicted molar refractivity (Wildman–Crippen MR) is 69.5 cm³/mol. The standard InChI is InChI=1S/C11H12ClN3O5/c1-3-20-11(17)6(2)14-10(16)7-4-9(12)13-5-8(7)15(18)19/h4-6H,3H2,1-2H3,(H,14,16). The molecule has 0 bridgehead atoms. The lowest BCUT2D eigenvalue weighted by molar-refractivity contribution is -0.385. The van der Waals surface area contributed by atoms with E-state index < -0.39 is 28.5 Å². The molecule has 1 heterocycles. The summed E-state index contributed by atoms with van der Waals surface area (Å²) in [4.78, 5) is 36.9. The van der Waals surface area contributed by atoms with Gasteiger partial charge in [0.15, 0.2) is 0 Å². The fraction of sp³-hybridized carbons (Fsp3) is 0.364. The highest BCUT2D eigenvalue weighted by atomic mass is 35.5. The average molecular weight is 302 g/mol. The fourth-order valence-electron chi connectivity index (χ4n) is 1.35. The average Bonchev–Trinajstić information content (AvgIpc) is 2.38. The number of hydrogen-bond donors (Lipinski definition) is 1. The van der Waals surface area contributed by atoms with Crippen LogP contribution in [0.5, 0.6) is 0 Å². The number of hydrogen-bond acceptors (Lipinski definition) is 6. The van der Waals surface area contributed by atoms with Crippen molar-refractivity contribution in [3.05, 3.63) is 33.1 Å². The van der Waals surface area contributed by atoms with Crippen LogP contribution >= 0.6 is 11.6 Å². The summed E-state index contributed by atoms with van der Waals surface area (Å²) in [7, 11) is 0. The van der Waals surface area contributed by atoms with E-state index in [2.05, 4.69) is 10.3 Å². The number of nitrogens with one attached hydrogen (secondary N) is 1. The number of rotatable bonds is 5. The van der Waals surface area contributed by atoms with Gasteiger partial charge in [-0.25, -0.2) is 9.78 Å². The van der Waals surface area contributed by atoms with Gasteiger partial charge in [0, 0.05) is 0 Å². The first-order valence-electron chi connectivity index (χ1n) is 5.64. The van der Waals surface area contributed by atoms with E-state index in [4.69, 9.17) is 16.3 Å². The lowest BCUT2D eigenvalue weighted by Crippen LogP contribution is -2.39. The molecule has 1 aromatic rings. The molecule has 0 aliphatic carbocycles. The summed E-state index contributed by atoms with van der Waals surface area (Å²) in [5.41, 5.74) is -0.769. The number of halogens is 1. The van der Waals surface area contributed by atoms with Gasteiger partial charge in [-0.15, -0.1) is 0 Å². The van der Waals surface area contributed by atoms with E-state index in [0.717, 1.165) is 12.3 Å². The van der Waals surface area contributed by atoms with Crippen LogP contribution in [-0.2, 0) is 9.53 Å². The second-order valence-corrected chi connectivity index (χ2v) is 4.12. The first-order valence-corrected chi connectivity index (χ1v) is 6.02. The normalized spacial score (nSPS) is 11.6. The molecule has 0 radical (unpaired) electrons. The highest BCUT2D eigenvalue weighted by molar-refractivity contribution is 6.29. The second kappa shape index (κ2) is 6.80. The van der Waals surface area contributed by atoms with E-state index in [1.165, 1.54) is 6.92 Å². The van der Waals surface area contributed by atoms with Crippen LogP contribution < -0.4 is 5.32 Å². The fourth-order valence-corrected chi connectivity index (χ4v) is 1.51. The van der Waals surface area contributed by atoms with E-state index >= 15 is 0 Å². The van der Waals surface area contributed by atoms with Crippen LogP contribution in [0, 0.1) is 10.1 Å².